The third kappa shape index (κ3) is 4.19. The highest BCUT2D eigenvalue weighted by molar-refractivity contribution is 5.92. The number of anilines is 2. The lowest BCUT2D eigenvalue weighted by Gasteiger charge is -2.29. The summed E-state index contributed by atoms with van der Waals surface area (Å²) in [7, 11) is 0. The average molecular weight is 291 g/mol. The summed E-state index contributed by atoms with van der Waals surface area (Å²) < 4.78 is 0. The van der Waals surface area contributed by atoms with E-state index in [1.165, 1.54) is 0 Å². The maximum absolute atomic E-state index is 12.0. The molecule has 1 aromatic carbocycles. The number of rotatable bonds is 4. The first-order valence-electron chi connectivity index (χ1n) is 7.16. The molecule has 114 valence electrons. The van der Waals surface area contributed by atoms with Crippen molar-refractivity contribution < 1.29 is 19.6 Å². The highest BCUT2D eigenvalue weighted by Gasteiger charge is 2.24. The second-order valence-corrected chi connectivity index (χ2v) is 5.64. The molecular weight excluding hydrogens is 270 g/mol. The van der Waals surface area contributed by atoms with Gasteiger partial charge in [-0.15, -0.1) is 0 Å². The minimum atomic E-state index is -0.976. The number of piperidine rings is 1. The van der Waals surface area contributed by atoms with E-state index in [0.29, 0.717) is 38.2 Å². The zero-order valence-electron chi connectivity index (χ0n) is 12.1. The van der Waals surface area contributed by atoms with Gasteiger partial charge in [0.1, 0.15) is 0 Å². The largest absolute Gasteiger partial charge is 0.550 e. The molecule has 0 atom stereocenters. The first-order chi connectivity index (χ1) is 9.95. The molecule has 0 radical (unpaired) electrons. The molecule has 1 aliphatic rings. The van der Waals surface area contributed by atoms with Gasteiger partial charge < -0.3 is 25.9 Å². The highest BCUT2D eigenvalue weighted by atomic mass is 16.4. The first-order valence-corrected chi connectivity index (χ1v) is 7.16. The Labute approximate surface area is 123 Å². The minimum Gasteiger partial charge on any atom is -0.550 e. The zero-order chi connectivity index (χ0) is 15.4. The van der Waals surface area contributed by atoms with Crippen LogP contribution in [0, 0.1) is 12.8 Å². The van der Waals surface area contributed by atoms with E-state index in [-0.39, 0.29) is 11.8 Å². The summed E-state index contributed by atoms with van der Waals surface area (Å²) in [5.41, 5.74) is 8.03. The molecule has 0 aliphatic carbocycles. The van der Waals surface area contributed by atoms with Crippen molar-refractivity contribution in [3.8, 4) is 0 Å². The summed E-state index contributed by atoms with van der Waals surface area (Å²) >= 11 is 0. The number of nitrogen functional groups attached to an aromatic ring is 1. The number of nitrogens with one attached hydrogen (secondary N) is 2. The van der Waals surface area contributed by atoms with E-state index >= 15 is 0 Å². The molecule has 0 unspecified atom stereocenters. The number of carbonyl (C=O) groups excluding carboxylic acids is 2. The highest BCUT2D eigenvalue weighted by Crippen LogP contribution is 2.17. The molecule has 0 spiro atoms. The third-order valence-corrected chi connectivity index (χ3v) is 3.96. The van der Waals surface area contributed by atoms with Crippen molar-refractivity contribution in [1.29, 1.82) is 0 Å². The number of likely N-dealkylation sites (tertiary alicyclic amines) is 1. The third-order valence-electron chi connectivity index (χ3n) is 3.96. The second kappa shape index (κ2) is 6.58. The van der Waals surface area contributed by atoms with Crippen LogP contribution in [0.25, 0.3) is 0 Å². The summed E-state index contributed by atoms with van der Waals surface area (Å²) in [5, 5.41) is 13.7. The van der Waals surface area contributed by atoms with Crippen LogP contribution in [0.3, 0.4) is 0 Å². The van der Waals surface area contributed by atoms with Crippen molar-refractivity contribution in [1.82, 2.24) is 0 Å². The number of carboxylic acids is 1. The van der Waals surface area contributed by atoms with Crippen molar-refractivity contribution in [2.45, 2.75) is 19.8 Å². The lowest BCUT2D eigenvalue weighted by Crippen LogP contribution is -3.14. The normalized spacial score (nSPS) is 21.8. The fourth-order valence-electron chi connectivity index (χ4n) is 2.69. The fraction of sp³-hybridized carbons (Fsp3) is 0.467. The van der Waals surface area contributed by atoms with E-state index in [9.17, 15) is 14.7 Å². The van der Waals surface area contributed by atoms with Gasteiger partial charge >= 0.3 is 0 Å². The molecule has 1 amide bonds. The van der Waals surface area contributed by atoms with Gasteiger partial charge in [-0.05, 0) is 30.7 Å². The second-order valence-electron chi connectivity index (χ2n) is 5.64. The molecule has 6 heteroatoms. The number of carbonyl (C=O) groups is 2. The van der Waals surface area contributed by atoms with Crippen LogP contribution in [0.2, 0.25) is 0 Å². The Bertz CT molecular complexity index is 537. The summed E-state index contributed by atoms with van der Waals surface area (Å²) in [6.07, 6.45) is 1.15. The summed E-state index contributed by atoms with van der Waals surface area (Å²) in [4.78, 5) is 23.9. The van der Waals surface area contributed by atoms with Crippen LogP contribution in [0.4, 0.5) is 11.4 Å². The smallest absolute Gasteiger partial charge is 0.279 e. The van der Waals surface area contributed by atoms with Gasteiger partial charge in [0.2, 0.25) is 0 Å². The van der Waals surface area contributed by atoms with Gasteiger partial charge in [0, 0.05) is 36.1 Å². The fourth-order valence-corrected chi connectivity index (χ4v) is 2.69. The van der Waals surface area contributed by atoms with Gasteiger partial charge in [-0.2, -0.15) is 0 Å². The molecule has 1 aromatic rings. The number of nitrogens with two attached hydrogens (primary N) is 1. The lowest BCUT2D eigenvalue weighted by atomic mass is 9.97. The number of hydrogen-bond donors (Lipinski definition) is 3. The number of hydrogen-bond acceptors (Lipinski definition) is 4. The molecule has 4 N–H and O–H groups in total. The number of aryl methyl sites for hydroxylation is 1. The van der Waals surface area contributed by atoms with Crippen molar-refractivity contribution in [3.05, 3.63) is 23.8 Å². The van der Waals surface area contributed by atoms with Gasteiger partial charge in [0.05, 0.1) is 13.1 Å². The molecule has 1 heterocycles. The van der Waals surface area contributed by atoms with Crippen molar-refractivity contribution in [2.75, 3.05) is 30.7 Å². The molecule has 1 saturated heterocycles. The first kappa shape index (κ1) is 15.3. The van der Waals surface area contributed by atoms with E-state index in [2.05, 4.69) is 5.32 Å². The molecule has 1 fully saturated rings. The van der Waals surface area contributed by atoms with Crippen LogP contribution >= 0.6 is 0 Å². The standard InChI is InChI=1S/C15H21N3O3/c1-10-8-12(16)2-3-13(10)17-14(19)9-18-6-4-11(5-7-18)15(20)21/h2-3,8,11H,4-7,9,16H2,1H3,(H,17,19)(H,20,21). The van der Waals surface area contributed by atoms with Gasteiger partial charge in [0.15, 0.2) is 6.54 Å². The van der Waals surface area contributed by atoms with E-state index in [4.69, 9.17) is 5.73 Å². The van der Waals surface area contributed by atoms with E-state index in [0.717, 1.165) is 16.2 Å². The Balaban J connectivity index is 1.84. The van der Waals surface area contributed by atoms with Crippen LogP contribution in [0.1, 0.15) is 18.4 Å². The van der Waals surface area contributed by atoms with E-state index in [1.807, 2.05) is 13.0 Å². The lowest BCUT2D eigenvalue weighted by molar-refractivity contribution is -0.897. The predicted octanol–water partition coefficient (Wildman–Crippen LogP) is -1.44. The summed E-state index contributed by atoms with van der Waals surface area (Å²) in [6, 6.07) is 5.36. The monoisotopic (exact) mass is 291 g/mol. The number of amides is 1. The van der Waals surface area contributed by atoms with Gasteiger partial charge in [-0.1, -0.05) is 0 Å². The molecule has 0 aromatic heterocycles. The SMILES string of the molecule is Cc1cc(N)ccc1NC(=O)C[NH+]1CCC(C(=O)[O-])CC1. The molecule has 2 rings (SSSR count). The predicted molar refractivity (Wildman–Crippen MR) is 77.5 cm³/mol. The molecule has 6 nitrogen and oxygen atoms in total. The Morgan fingerprint density at radius 2 is 2.05 bits per heavy atom. The van der Waals surface area contributed by atoms with E-state index in [1.54, 1.807) is 12.1 Å². The number of benzene rings is 1. The maximum atomic E-state index is 12.0. The maximum Gasteiger partial charge on any atom is 0.279 e. The van der Waals surface area contributed by atoms with Crippen molar-refractivity contribution in [3.63, 3.8) is 0 Å². The van der Waals surface area contributed by atoms with Crippen molar-refractivity contribution >= 4 is 23.3 Å². The molecule has 0 bridgehead atoms. The van der Waals surface area contributed by atoms with Crippen LogP contribution < -0.4 is 21.1 Å². The minimum absolute atomic E-state index is 0.0650. The van der Waals surface area contributed by atoms with Gasteiger partial charge in [-0.3, -0.25) is 4.79 Å². The van der Waals surface area contributed by atoms with E-state index < -0.39 is 5.97 Å². The molecule has 21 heavy (non-hydrogen) atoms. The Morgan fingerprint density at radius 1 is 1.38 bits per heavy atom. The Kier molecular flexibility index (Phi) is 4.80. The Morgan fingerprint density at radius 3 is 2.62 bits per heavy atom. The average Bonchev–Trinajstić information content (AvgIpc) is 2.42. The summed E-state index contributed by atoms with van der Waals surface area (Å²) in [5.74, 6) is -1.41. The number of aliphatic carboxylic acids is 1. The van der Waals surface area contributed by atoms with Crippen LogP contribution in [0.5, 0.6) is 0 Å². The number of carboxylic acid groups (broad SMARTS) is 1. The topological polar surface area (TPSA) is 99.7 Å². The van der Waals surface area contributed by atoms with Crippen LogP contribution in [0.15, 0.2) is 18.2 Å². The molecular formula is C15H21N3O3. The number of quaternary nitrogens is 1. The quantitative estimate of drug-likeness (QED) is 0.592. The molecule has 0 saturated carbocycles. The van der Waals surface area contributed by atoms with Gasteiger partial charge in [-0.25, -0.2) is 0 Å². The summed E-state index contributed by atoms with van der Waals surface area (Å²) in [6.45, 7) is 3.62. The Hall–Kier alpha value is -2.08. The zero-order valence-corrected chi connectivity index (χ0v) is 12.1. The van der Waals surface area contributed by atoms with Crippen molar-refractivity contribution in [2.24, 2.45) is 5.92 Å². The van der Waals surface area contributed by atoms with Crippen LogP contribution in [-0.2, 0) is 9.59 Å². The van der Waals surface area contributed by atoms with Crippen LogP contribution in [-0.4, -0.2) is 31.5 Å². The molecule has 1 aliphatic heterocycles. The van der Waals surface area contributed by atoms with Gasteiger partial charge in [0.25, 0.3) is 5.91 Å².